The van der Waals surface area contributed by atoms with Gasteiger partial charge >= 0.3 is 0 Å². The van der Waals surface area contributed by atoms with Crippen molar-refractivity contribution in [3.63, 3.8) is 0 Å². The van der Waals surface area contributed by atoms with Crippen LogP contribution in [0.3, 0.4) is 0 Å². The summed E-state index contributed by atoms with van der Waals surface area (Å²) in [6.07, 6.45) is 0.923. The van der Waals surface area contributed by atoms with Crippen molar-refractivity contribution < 1.29 is 19.1 Å². The van der Waals surface area contributed by atoms with Gasteiger partial charge in [-0.3, -0.25) is 19.4 Å². The molecule has 2 aromatic carbocycles. The van der Waals surface area contributed by atoms with E-state index in [2.05, 4.69) is 27.2 Å². The fourth-order valence-corrected chi connectivity index (χ4v) is 5.42. The monoisotopic (exact) mass is 539 g/mol. The number of hydrogen-bond acceptors (Lipinski definition) is 7. The zero-order valence-corrected chi connectivity index (χ0v) is 23.2. The van der Waals surface area contributed by atoms with Crippen molar-refractivity contribution in [1.82, 2.24) is 14.7 Å². The van der Waals surface area contributed by atoms with Crippen LogP contribution in [-0.4, -0.2) is 97.7 Å². The first-order chi connectivity index (χ1) is 18.4. The summed E-state index contributed by atoms with van der Waals surface area (Å²) >= 11 is 5.64. The fraction of sp³-hybridized carbons (Fsp3) is 0.464. The van der Waals surface area contributed by atoms with Gasteiger partial charge in [-0.2, -0.15) is 0 Å². The van der Waals surface area contributed by atoms with E-state index in [-0.39, 0.29) is 18.2 Å². The molecule has 0 saturated carbocycles. The average Bonchev–Trinajstić information content (AvgIpc) is 3.17. The largest absolute Gasteiger partial charge is 0.497 e. The predicted molar refractivity (Wildman–Crippen MR) is 153 cm³/mol. The predicted octanol–water partition coefficient (Wildman–Crippen LogP) is 3.06. The lowest BCUT2D eigenvalue weighted by Gasteiger charge is -2.36. The quantitative estimate of drug-likeness (QED) is 0.437. The third kappa shape index (κ3) is 6.54. The number of nitrogens with zero attached hydrogens (tertiary/aromatic N) is 4. The Hall–Kier alpha value is -3.37. The second kappa shape index (κ2) is 12.9. The Labute approximate surface area is 230 Å². The summed E-state index contributed by atoms with van der Waals surface area (Å²) in [5.41, 5.74) is 1.87. The van der Waals surface area contributed by atoms with Gasteiger partial charge in [0.1, 0.15) is 17.5 Å². The van der Waals surface area contributed by atoms with Crippen LogP contribution in [0.2, 0.25) is 0 Å². The van der Waals surface area contributed by atoms with Gasteiger partial charge in [-0.05, 0) is 80.6 Å². The molecule has 1 N–H and O–H groups in total. The van der Waals surface area contributed by atoms with E-state index in [0.717, 1.165) is 44.9 Å². The maximum absolute atomic E-state index is 13.1. The van der Waals surface area contributed by atoms with Crippen LogP contribution in [0.25, 0.3) is 0 Å². The number of carbonyl (C=O) groups excluding carboxylic acids is 2. The van der Waals surface area contributed by atoms with Gasteiger partial charge in [0.15, 0.2) is 5.11 Å². The summed E-state index contributed by atoms with van der Waals surface area (Å²) in [5.74, 6) is 1.26. The second-order valence-electron chi connectivity index (χ2n) is 9.44. The van der Waals surface area contributed by atoms with Crippen LogP contribution in [0, 0.1) is 0 Å². The molecule has 0 unspecified atom stereocenters. The van der Waals surface area contributed by atoms with Crippen LogP contribution >= 0.6 is 12.2 Å². The minimum Gasteiger partial charge on any atom is -0.497 e. The molecule has 0 spiro atoms. The zero-order valence-electron chi connectivity index (χ0n) is 22.4. The molecule has 38 heavy (non-hydrogen) atoms. The van der Waals surface area contributed by atoms with E-state index in [9.17, 15) is 9.59 Å². The summed E-state index contributed by atoms with van der Waals surface area (Å²) in [4.78, 5) is 34.3. The molecule has 204 valence electrons. The summed E-state index contributed by atoms with van der Waals surface area (Å²) in [7, 11) is 3.27. The number of carbonyl (C=O) groups is 2. The summed E-state index contributed by atoms with van der Waals surface area (Å²) in [5, 5.41) is 3.40. The maximum atomic E-state index is 13.1. The third-order valence-corrected chi connectivity index (χ3v) is 7.61. The van der Waals surface area contributed by atoms with E-state index in [1.807, 2.05) is 24.0 Å². The van der Waals surface area contributed by atoms with Crippen molar-refractivity contribution in [2.24, 2.45) is 0 Å². The number of anilines is 2. The average molecular weight is 540 g/mol. The number of hydrogen-bond donors (Lipinski definition) is 1. The van der Waals surface area contributed by atoms with Gasteiger partial charge in [0.2, 0.25) is 5.91 Å². The maximum Gasteiger partial charge on any atom is 0.252 e. The highest BCUT2D eigenvalue weighted by molar-refractivity contribution is 7.80. The lowest BCUT2D eigenvalue weighted by Crippen LogP contribution is -2.47. The zero-order chi connectivity index (χ0) is 27.1. The minimum atomic E-state index is -0.576. The molecule has 0 radical (unpaired) electrons. The molecule has 0 aliphatic carbocycles. The molecule has 1 atom stereocenters. The van der Waals surface area contributed by atoms with E-state index in [0.29, 0.717) is 29.6 Å². The SMILES string of the molecule is CCN1C(=O)[C@H](CC(=O)Nc2ccc(OC)cc2)N(CCCN2CCN(c3ccc(OC)cc3)CC2)C1=S. The first-order valence-electron chi connectivity index (χ1n) is 13.1. The molecule has 2 amide bonds. The van der Waals surface area contributed by atoms with Crippen molar-refractivity contribution in [3.8, 4) is 11.5 Å². The molecule has 0 bridgehead atoms. The van der Waals surface area contributed by atoms with Gasteiger partial charge in [0.25, 0.3) is 5.91 Å². The molecular formula is C28H37N5O4S. The number of rotatable bonds is 11. The number of amides is 2. The molecular weight excluding hydrogens is 502 g/mol. The van der Waals surface area contributed by atoms with E-state index in [1.54, 1.807) is 43.4 Å². The van der Waals surface area contributed by atoms with Gasteiger partial charge in [0.05, 0.1) is 20.6 Å². The molecule has 9 nitrogen and oxygen atoms in total. The van der Waals surface area contributed by atoms with E-state index < -0.39 is 6.04 Å². The number of ether oxygens (including phenoxy) is 2. The highest BCUT2D eigenvalue weighted by Crippen LogP contribution is 2.23. The van der Waals surface area contributed by atoms with E-state index in [1.165, 1.54) is 5.69 Å². The Bertz CT molecular complexity index is 1100. The molecule has 2 aliphatic heterocycles. The van der Waals surface area contributed by atoms with Crippen LogP contribution < -0.4 is 19.7 Å². The Balaban J connectivity index is 1.28. The Morgan fingerprint density at radius 2 is 1.55 bits per heavy atom. The summed E-state index contributed by atoms with van der Waals surface area (Å²) < 4.78 is 10.4. The third-order valence-electron chi connectivity index (χ3n) is 7.16. The molecule has 10 heteroatoms. The molecule has 2 fully saturated rings. The van der Waals surface area contributed by atoms with E-state index in [4.69, 9.17) is 21.7 Å². The summed E-state index contributed by atoms with van der Waals surface area (Å²) in [6, 6.07) is 14.7. The van der Waals surface area contributed by atoms with Crippen LogP contribution in [0.5, 0.6) is 11.5 Å². The molecule has 4 rings (SSSR count). The van der Waals surface area contributed by atoms with Crippen LogP contribution in [0.15, 0.2) is 48.5 Å². The standard InChI is InChI=1S/C28H37N5O4S/c1-4-32-27(35)25(20-26(34)29-21-6-10-23(36-2)11-7-21)33(28(32)38)15-5-14-30-16-18-31(19-17-30)22-8-12-24(37-3)13-9-22/h6-13,25H,4-5,14-20H2,1-3H3,(H,29,34)/t25-/m0/s1. The number of nitrogens with one attached hydrogen (secondary N) is 1. The van der Waals surface area contributed by atoms with Gasteiger partial charge in [-0.15, -0.1) is 0 Å². The lowest BCUT2D eigenvalue weighted by atomic mass is 10.1. The number of thiocarbonyl (C=S) groups is 1. The number of benzene rings is 2. The highest BCUT2D eigenvalue weighted by Gasteiger charge is 2.42. The van der Waals surface area contributed by atoms with Crippen LogP contribution in [-0.2, 0) is 9.59 Å². The van der Waals surface area contributed by atoms with Crippen molar-refractivity contribution in [2.75, 3.05) is 70.2 Å². The molecule has 2 heterocycles. The van der Waals surface area contributed by atoms with Crippen molar-refractivity contribution in [3.05, 3.63) is 48.5 Å². The van der Waals surface area contributed by atoms with Gasteiger partial charge < -0.3 is 24.6 Å². The van der Waals surface area contributed by atoms with Gasteiger partial charge in [-0.25, -0.2) is 0 Å². The molecule has 2 saturated heterocycles. The number of piperazine rings is 1. The Kier molecular flexibility index (Phi) is 9.41. The first kappa shape index (κ1) is 27.7. The normalized spacial score (nSPS) is 18.2. The van der Waals surface area contributed by atoms with Crippen molar-refractivity contribution >= 4 is 40.5 Å². The molecule has 2 aliphatic rings. The fourth-order valence-electron chi connectivity index (χ4n) is 4.99. The van der Waals surface area contributed by atoms with Crippen LogP contribution in [0.4, 0.5) is 11.4 Å². The molecule has 2 aromatic rings. The Morgan fingerprint density at radius 3 is 2.13 bits per heavy atom. The topological polar surface area (TPSA) is 77.6 Å². The second-order valence-corrected chi connectivity index (χ2v) is 9.80. The smallest absolute Gasteiger partial charge is 0.252 e. The summed E-state index contributed by atoms with van der Waals surface area (Å²) in [6.45, 7) is 7.84. The first-order valence-corrected chi connectivity index (χ1v) is 13.5. The van der Waals surface area contributed by atoms with E-state index >= 15 is 0 Å². The van der Waals surface area contributed by atoms with Gasteiger partial charge in [-0.1, -0.05) is 0 Å². The van der Waals surface area contributed by atoms with Crippen molar-refractivity contribution in [1.29, 1.82) is 0 Å². The number of methoxy groups -OCH3 is 2. The number of likely N-dealkylation sites (N-methyl/N-ethyl adjacent to an activating group) is 1. The van der Waals surface area contributed by atoms with Crippen molar-refractivity contribution in [2.45, 2.75) is 25.8 Å². The van der Waals surface area contributed by atoms with Crippen LogP contribution in [0.1, 0.15) is 19.8 Å². The Morgan fingerprint density at radius 1 is 0.947 bits per heavy atom. The highest BCUT2D eigenvalue weighted by atomic mass is 32.1. The lowest BCUT2D eigenvalue weighted by molar-refractivity contribution is -0.130. The minimum absolute atomic E-state index is 0.0576. The molecule has 0 aromatic heterocycles. The van der Waals surface area contributed by atoms with Gasteiger partial charge in [0, 0.05) is 50.6 Å².